The molecule has 11 N–H and O–H groups in total. The number of nitrogen functional groups attached to an aromatic ring is 1. The quantitative estimate of drug-likeness (QED) is 0.0366. The summed E-state index contributed by atoms with van der Waals surface area (Å²) in [5.41, 5.74) is 4.21. The smallest absolute Gasteiger partial charge is 0.481 e. The number of rotatable bonds is 23. The fourth-order valence-electron chi connectivity index (χ4n) is 4.72. The monoisotopic (exact) mass is 893 g/mol. The lowest BCUT2D eigenvalue weighted by atomic mass is 9.87. The Balaban J connectivity index is 1.46. The molecule has 2 aromatic rings. The molecule has 1 aliphatic heterocycles. The molecule has 1 saturated heterocycles. The fourth-order valence-corrected chi connectivity index (χ4v) is 8.19. The number of amides is 2. The molecule has 320 valence electrons. The van der Waals surface area contributed by atoms with Gasteiger partial charge in [-0.25, -0.2) is 28.6 Å². The predicted molar refractivity (Wildman–Crippen MR) is 193 cm³/mol. The van der Waals surface area contributed by atoms with Crippen LogP contribution in [0.4, 0.5) is 5.82 Å². The first kappa shape index (κ1) is 48.1. The number of imidazole rings is 1. The van der Waals surface area contributed by atoms with Crippen molar-refractivity contribution >= 4 is 75.1 Å². The van der Waals surface area contributed by atoms with Crippen LogP contribution in [0, 0.1) is 5.41 Å². The molecule has 1 aliphatic rings. The second-order valence-corrected chi connectivity index (χ2v) is 18.0. The Morgan fingerprint density at radius 2 is 1.70 bits per heavy atom. The highest BCUT2D eigenvalue weighted by Crippen LogP contribution is 2.61. The van der Waals surface area contributed by atoms with Gasteiger partial charge in [-0.05, 0) is 0 Å². The minimum Gasteiger partial charge on any atom is -0.481 e. The van der Waals surface area contributed by atoms with Gasteiger partial charge >= 0.3 is 29.4 Å². The molecule has 0 saturated carbocycles. The molecule has 30 heteroatoms. The molecule has 3 heterocycles. The number of aliphatic carboxylic acids is 1. The van der Waals surface area contributed by atoms with E-state index in [0.717, 1.165) is 29.0 Å². The van der Waals surface area contributed by atoms with Crippen molar-refractivity contribution in [2.24, 2.45) is 5.41 Å². The van der Waals surface area contributed by atoms with E-state index in [4.69, 9.17) is 24.6 Å². The van der Waals surface area contributed by atoms with E-state index in [0.29, 0.717) is 0 Å². The van der Waals surface area contributed by atoms with Crippen LogP contribution in [-0.2, 0) is 55.5 Å². The lowest BCUT2D eigenvalue weighted by Crippen LogP contribution is -2.46. The molecule has 0 radical (unpaired) electrons. The number of allylic oxidation sites excluding steroid dienone is 1. The number of anilines is 1. The molecule has 0 bridgehead atoms. The van der Waals surface area contributed by atoms with Gasteiger partial charge in [-0.3, -0.25) is 37.3 Å². The van der Waals surface area contributed by atoms with Crippen molar-refractivity contribution in [1.29, 1.82) is 0 Å². The highest BCUT2D eigenvalue weighted by Gasteiger charge is 2.50. The van der Waals surface area contributed by atoms with Gasteiger partial charge in [-0.1, -0.05) is 37.8 Å². The lowest BCUT2D eigenvalue weighted by Gasteiger charge is -2.30. The Bertz CT molecular complexity index is 1930. The van der Waals surface area contributed by atoms with E-state index in [1.54, 1.807) is 0 Å². The Morgan fingerprint density at radius 3 is 2.37 bits per heavy atom. The number of phosphoric ester groups is 3. The molecule has 1 fully saturated rings. The zero-order valence-electron chi connectivity index (χ0n) is 30.0. The first-order valence-corrected chi connectivity index (χ1v) is 21.8. The number of nitrogens with one attached hydrogen (secondary N) is 2. The summed E-state index contributed by atoms with van der Waals surface area (Å²) in [6, 6.07) is 0. The maximum atomic E-state index is 12.7. The number of fused-ring (bicyclic) bond motifs is 1. The Morgan fingerprint density at radius 1 is 1.04 bits per heavy atom. The van der Waals surface area contributed by atoms with Crippen molar-refractivity contribution in [2.45, 2.75) is 63.8 Å². The third kappa shape index (κ3) is 15.5. The second kappa shape index (κ2) is 20.6. The number of ether oxygens (including phenoxy) is 1. The molecule has 26 nitrogen and oxygen atoms in total. The number of phosphoric acid groups is 3. The summed E-state index contributed by atoms with van der Waals surface area (Å²) in [5.74, 6) is -2.35. The summed E-state index contributed by atoms with van der Waals surface area (Å²) in [6.45, 7) is 0.271. The van der Waals surface area contributed by atoms with Crippen LogP contribution in [0.3, 0.4) is 0 Å². The van der Waals surface area contributed by atoms with Gasteiger partial charge in [0.15, 0.2) is 22.8 Å². The Hall–Kier alpha value is -3.23. The van der Waals surface area contributed by atoms with Crippen molar-refractivity contribution in [1.82, 2.24) is 30.2 Å². The van der Waals surface area contributed by atoms with Gasteiger partial charge in [-0.15, -0.1) is 0 Å². The van der Waals surface area contributed by atoms with Crippen LogP contribution in [0.25, 0.3) is 11.2 Å². The number of carboxylic acid groups (broad SMARTS) is 1. The molecule has 2 aromatic heterocycles. The van der Waals surface area contributed by atoms with E-state index in [1.165, 1.54) is 26.0 Å². The van der Waals surface area contributed by atoms with Gasteiger partial charge < -0.3 is 56.0 Å². The number of aliphatic hydroxyl groups excluding tert-OH is 2. The molecular formula is C27H42N7O19P3S. The standard InChI is InChI=1S/C27H42N7O19P3S/c1-27(2,22(40)25(41)30-8-7-16(35)29-9-10-57-18(38)6-4-3-5-17(36)37)12-50-56(47,48)53-55(45,46)49-11-15-21(52-54(42,43)44)20(39)26(51-15)34-14-33-19-23(28)31-13-32-24(19)34/h3-4,13-15,20-22,26,39-40H,5-12H2,1-2H3,(H,29,35)(H,30,41)(H,36,37)(H,45,46)(H,47,48)(H2,28,31,32)(H2,42,43,44)/b4-3-. The van der Waals surface area contributed by atoms with Crippen LogP contribution >= 0.6 is 35.2 Å². The van der Waals surface area contributed by atoms with E-state index in [1.807, 2.05) is 0 Å². The number of carbonyl (C=O) groups is 4. The Kier molecular flexibility index (Phi) is 17.4. The first-order valence-electron chi connectivity index (χ1n) is 16.3. The highest BCUT2D eigenvalue weighted by atomic mass is 32.2. The number of thioether (sulfide) groups is 1. The SMILES string of the molecule is CC(C)(COP(=O)(O)OP(=O)(O)OCC1OC(n2cnc3c(N)ncnc32)C(O)C1OP(=O)(O)O)C(O)C(=O)NCCC(=O)NCCSC(=O)C/C=C\CC(=O)O. The summed E-state index contributed by atoms with van der Waals surface area (Å²) in [7, 11) is -16.4. The van der Waals surface area contributed by atoms with E-state index < -0.39 is 90.5 Å². The number of hydrogen-bond donors (Lipinski definition) is 10. The number of hydrogen-bond acceptors (Lipinski definition) is 19. The predicted octanol–water partition coefficient (Wildman–Crippen LogP) is -0.914. The molecule has 0 spiro atoms. The van der Waals surface area contributed by atoms with E-state index in [-0.39, 0.29) is 60.2 Å². The van der Waals surface area contributed by atoms with Gasteiger partial charge in [-0.2, -0.15) is 4.31 Å². The topological polar surface area (TPSA) is 401 Å². The molecule has 3 rings (SSSR count). The van der Waals surface area contributed by atoms with Gasteiger partial charge in [0, 0.05) is 37.1 Å². The molecular weight excluding hydrogens is 851 g/mol. The average molecular weight is 894 g/mol. The van der Waals surface area contributed by atoms with Gasteiger partial charge in [0.2, 0.25) is 11.8 Å². The van der Waals surface area contributed by atoms with Crippen molar-refractivity contribution < 1.29 is 90.4 Å². The number of aromatic nitrogens is 4. The van der Waals surface area contributed by atoms with Crippen molar-refractivity contribution in [2.75, 3.05) is 37.8 Å². The molecule has 57 heavy (non-hydrogen) atoms. The summed E-state index contributed by atoms with van der Waals surface area (Å²) < 4.78 is 62.0. The maximum absolute atomic E-state index is 12.7. The minimum absolute atomic E-state index is 0.0203. The maximum Gasteiger partial charge on any atom is 0.481 e. The summed E-state index contributed by atoms with van der Waals surface area (Å²) in [5, 5.41) is 34.6. The van der Waals surface area contributed by atoms with E-state index >= 15 is 0 Å². The van der Waals surface area contributed by atoms with Crippen molar-refractivity contribution in [3.8, 4) is 0 Å². The molecule has 7 unspecified atom stereocenters. The molecule has 0 aromatic carbocycles. The number of nitrogens with zero attached hydrogens (tertiary/aromatic N) is 4. The minimum atomic E-state index is -5.59. The normalized spacial score (nSPS) is 21.5. The highest BCUT2D eigenvalue weighted by molar-refractivity contribution is 8.13. The van der Waals surface area contributed by atoms with Crippen molar-refractivity contribution in [3.63, 3.8) is 0 Å². The third-order valence-corrected chi connectivity index (χ3v) is 11.5. The van der Waals surface area contributed by atoms with Crippen LogP contribution in [0.15, 0.2) is 24.8 Å². The number of carbonyl (C=O) groups excluding carboxylic acids is 3. The van der Waals surface area contributed by atoms with Gasteiger partial charge in [0.05, 0.1) is 26.0 Å². The number of aliphatic hydroxyl groups is 2. The molecule has 0 aliphatic carbocycles. The summed E-state index contributed by atoms with van der Waals surface area (Å²) in [6.07, 6.45) is -4.48. The van der Waals surface area contributed by atoms with Crippen LogP contribution in [0.1, 0.15) is 39.3 Å². The van der Waals surface area contributed by atoms with E-state index in [2.05, 4.69) is 34.4 Å². The van der Waals surface area contributed by atoms with Crippen LogP contribution in [-0.4, -0.2) is 134 Å². The zero-order valence-corrected chi connectivity index (χ0v) is 33.5. The number of nitrogens with two attached hydrogens (primary N) is 1. The third-order valence-electron chi connectivity index (χ3n) is 7.51. The van der Waals surface area contributed by atoms with E-state index in [9.17, 15) is 62.7 Å². The molecule has 2 amide bonds. The van der Waals surface area contributed by atoms with Crippen molar-refractivity contribution in [3.05, 3.63) is 24.8 Å². The van der Waals surface area contributed by atoms with Crippen LogP contribution in [0.5, 0.6) is 0 Å². The molecule has 7 atom stereocenters. The largest absolute Gasteiger partial charge is 0.481 e. The summed E-state index contributed by atoms with van der Waals surface area (Å²) in [4.78, 5) is 97.7. The van der Waals surface area contributed by atoms with Gasteiger partial charge in [0.25, 0.3) is 0 Å². The summed E-state index contributed by atoms with van der Waals surface area (Å²) >= 11 is 0.930. The first-order chi connectivity index (χ1) is 26.4. The van der Waals surface area contributed by atoms with Gasteiger partial charge in [0.1, 0.15) is 36.3 Å². The Labute approximate surface area is 327 Å². The average Bonchev–Trinajstić information content (AvgIpc) is 3.66. The zero-order chi connectivity index (χ0) is 42.8. The lowest BCUT2D eigenvalue weighted by molar-refractivity contribution is -0.137. The van der Waals surface area contributed by atoms with Crippen LogP contribution < -0.4 is 16.4 Å². The number of carboxylic acids is 1. The second-order valence-electron chi connectivity index (χ2n) is 12.6. The van der Waals surface area contributed by atoms with Crippen LogP contribution in [0.2, 0.25) is 0 Å². The fraction of sp³-hybridized carbons (Fsp3) is 0.593.